The van der Waals surface area contributed by atoms with Gasteiger partial charge in [0.05, 0.1) is 29.7 Å². The molecule has 22 heavy (non-hydrogen) atoms. The van der Waals surface area contributed by atoms with Crippen molar-refractivity contribution in [3.8, 4) is 5.75 Å². The second-order valence-electron chi connectivity index (χ2n) is 5.60. The summed E-state index contributed by atoms with van der Waals surface area (Å²) in [5.74, 6) is -1.35. The maximum absolute atomic E-state index is 12.6. The molecule has 2 saturated heterocycles. The van der Waals surface area contributed by atoms with Gasteiger partial charge in [-0.15, -0.1) is 0 Å². The predicted octanol–water partition coefficient (Wildman–Crippen LogP) is 1.05. The van der Waals surface area contributed by atoms with Crippen LogP contribution in [0.5, 0.6) is 5.75 Å². The van der Waals surface area contributed by atoms with Crippen LogP contribution in [-0.4, -0.2) is 30.0 Å². The third kappa shape index (κ3) is 1.74. The van der Waals surface area contributed by atoms with E-state index in [2.05, 4.69) is 0 Å². The fourth-order valence-electron chi connectivity index (χ4n) is 3.39. The van der Waals surface area contributed by atoms with Crippen LogP contribution >= 0.6 is 0 Å². The van der Waals surface area contributed by atoms with E-state index in [4.69, 9.17) is 9.47 Å². The monoisotopic (exact) mass is 299 g/mol. The summed E-state index contributed by atoms with van der Waals surface area (Å²) in [4.78, 5) is 37.2. The summed E-state index contributed by atoms with van der Waals surface area (Å²) < 4.78 is 10.5. The zero-order valence-electron chi connectivity index (χ0n) is 11.8. The van der Waals surface area contributed by atoms with Gasteiger partial charge in [0.25, 0.3) is 0 Å². The Balaban J connectivity index is 1.62. The number of benzene rings is 1. The lowest BCUT2D eigenvalue weighted by Crippen LogP contribution is -2.34. The van der Waals surface area contributed by atoms with Crippen molar-refractivity contribution in [1.82, 2.24) is 0 Å². The first-order chi connectivity index (χ1) is 10.6. The van der Waals surface area contributed by atoms with Crippen molar-refractivity contribution in [2.24, 2.45) is 11.8 Å². The normalized spacial score (nSPS) is 31.8. The van der Waals surface area contributed by atoms with Crippen molar-refractivity contribution in [1.29, 1.82) is 0 Å². The smallest absolute Gasteiger partial charge is 0.308 e. The number of rotatable bonds is 2. The molecule has 2 amide bonds. The summed E-state index contributed by atoms with van der Waals surface area (Å²) in [5.41, 5.74) is 0.486. The molecule has 1 aromatic rings. The topological polar surface area (TPSA) is 72.9 Å². The number of hydrogen-bond donors (Lipinski definition) is 0. The Morgan fingerprint density at radius 1 is 1.05 bits per heavy atom. The Labute approximate surface area is 126 Å². The zero-order chi connectivity index (χ0) is 15.4. The van der Waals surface area contributed by atoms with Gasteiger partial charge in [-0.2, -0.15) is 0 Å². The van der Waals surface area contributed by atoms with Gasteiger partial charge in [0, 0.05) is 6.92 Å². The first-order valence-corrected chi connectivity index (χ1v) is 7.06. The van der Waals surface area contributed by atoms with E-state index < -0.39 is 17.8 Å². The van der Waals surface area contributed by atoms with Crippen molar-refractivity contribution >= 4 is 23.5 Å². The first kappa shape index (κ1) is 13.2. The second kappa shape index (κ2) is 4.51. The van der Waals surface area contributed by atoms with E-state index in [0.29, 0.717) is 11.4 Å². The summed E-state index contributed by atoms with van der Waals surface area (Å²) in [6.07, 6.45) is 3.11. The van der Waals surface area contributed by atoms with Crippen LogP contribution in [0.4, 0.5) is 5.69 Å². The van der Waals surface area contributed by atoms with Crippen molar-refractivity contribution < 1.29 is 23.9 Å². The van der Waals surface area contributed by atoms with Gasteiger partial charge in [-0.3, -0.25) is 14.4 Å². The lowest BCUT2D eigenvalue weighted by Gasteiger charge is -2.17. The largest absolute Gasteiger partial charge is 0.427 e. The molecule has 0 radical (unpaired) electrons. The van der Waals surface area contributed by atoms with Gasteiger partial charge in [-0.1, -0.05) is 12.2 Å². The lowest BCUT2D eigenvalue weighted by atomic mass is 9.85. The molecule has 0 aromatic heterocycles. The molecule has 2 fully saturated rings. The number of hydrogen-bond acceptors (Lipinski definition) is 5. The van der Waals surface area contributed by atoms with Gasteiger partial charge in [0.2, 0.25) is 11.8 Å². The summed E-state index contributed by atoms with van der Waals surface area (Å²) >= 11 is 0. The van der Waals surface area contributed by atoms with Crippen LogP contribution in [0, 0.1) is 11.8 Å². The highest BCUT2D eigenvalue weighted by atomic mass is 16.5. The molecule has 6 heteroatoms. The molecule has 2 bridgehead atoms. The highest BCUT2D eigenvalue weighted by Gasteiger charge is 2.60. The minimum absolute atomic E-state index is 0.230. The van der Waals surface area contributed by atoms with Crippen molar-refractivity contribution in [3.05, 3.63) is 36.4 Å². The number of fused-ring (bicyclic) bond motifs is 5. The number of anilines is 1. The molecule has 4 atom stereocenters. The van der Waals surface area contributed by atoms with E-state index in [1.165, 1.54) is 11.8 Å². The van der Waals surface area contributed by atoms with Crippen LogP contribution in [-0.2, 0) is 19.1 Å². The Bertz CT molecular complexity index is 678. The van der Waals surface area contributed by atoms with Gasteiger partial charge in [-0.05, 0) is 24.3 Å². The van der Waals surface area contributed by atoms with Crippen LogP contribution in [0.2, 0.25) is 0 Å². The quantitative estimate of drug-likeness (QED) is 0.353. The summed E-state index contributed by atoms with van der Waals surface area (Å²) in [6, 6.07) is 6.33. The van der Waals surface area contributed by atoms with Gasteiger partial charge >= 0.3 is 5.97 Å². The molecule has 3 heterocycles. The Kier molecular flexibility index (Phi) is 2.71. The molecule has 0 spiro atoms. The van der Waals surface area contributed by atoms with Crippen LogP contribution in [0.15, 0.2) is 36.4 Å². The molecule has 3 aliphatic rings. The number of nitrogens with zero attached hydrogens (tertiary/aromatic N) is 1. The number of carbonyl (C=O) groups excluding carboxylic acids is 3. The second-order valence-corrected chi connectivity index (χ2v) is 5.60. The van der Waals surface area contributed by atoms with Crippen LogP contribution in [0.1, 0.15) is 6.92 Å². The Morgan fingerprint density at radius 3 is 2.09 bits per heavy atom. The van der Waals surface area contributed by atoms with Crippen LogP contribution < -0.4 is 9.64 Å². The predicted molar refractivity (Wildman–Crippen MR) is 75.0 cm³/mol. The molecular weight excluding hydrogens is 286 g/mol. The third-order valence-electron chi connectivity index (χ3n) is 4.27. The molecule has 0 aliphatic carbocycles. The van der Waals surface area contributed by atoms with E-state index in [1.54, 1.807) is 24.3 Å². The van der Waals surface area contributed by atoms with Crippen LogP contribution in [0.25, 0.3) is 0 Å². The molecular formula is C16H13NO5. The molecule has 4 rings (SSSR count). The number of esters is 1. The van der Waals surface area contributed by atoms with Crippen molar-refractivity contribution in [2.75, 3.05) is 4.90 Å². The molecule has 112 valence electrons. The van der Waals surface area contributed by atoms with E-state index in [-0.39, 0.29) is 24.0 Å². The fourth-order valence-corrected chi connectivity index (χ4v) is 3.39. The average molecular weight is 299 g/mol. The molecule has 1 aromatic carbocycles. The minimum Gasteiger partial charge on any atom is -0.427 e. The molecule has 0 unspecified atom stereocenters. The Morgan fingerprint density at radius 2 is 1.59 bits per heavy atom. The standard InChI is InChI=1S/C16H13NO5/c1-8(18)21-10-4-2-9(3-5-10)17-15(19)13-11-6-7-12(22-11)14(13)16(17)20/h2-7,11-14H,1H3/t11-,12-,13+,14+/m1/s1. The lowest BCUT2D eigenvalue weighted by molar-refractivity contribution is -0.132. The highest BCUT2D eigenvalue weighted by Crippen LogP contribution is 2.46. The molecule has 6 nitrogen and oxygen atoms in total. The molecule has 0 saturated carbocycles. The molecule has 0 N–H and O–H groups in total. The first-order valence-electron chi connectivity index (χ1n) is 7.06. The summed E-state index contributed by atoms with van der Waals surface area (Å²) in [7, 11) is 0. The average Bonchev–Trinajstić information content (AvgIpc) is 3.14. The van der Waals surface area contributed by atoms with Crippen molar-refractivity contribution in [2.45, 2.75) is 19.1 Å². The van der Waals surface area contributed by atoms with Gasteiger partial charge in [-0.25, -0.2) is 4.90 Å². The number of carbonyl (C=O) groups is 3. The SMILES string of the molecule is CC(=O)Oc1ccc(N2C(=O)[C@@H]3[C@@H](C2=O)[C@H]2C=C[C@H]3O2)cc1. The van der Waals surface area contributed by atoms with Gasteiger partial charge in [0.1, 0.15) is 5.75 Å². The molecule has 3 aliphatic heterocycles. The number of amides is 2. The highest BCUT2D eigenvalue weighted by molar-refractivity contribution is 6.23. The minimum atomic E-state index is -0.421. The maximum atomic E-state index is 12.6. The van der Waals surface area contributed by atoms with E-state index in [9.17, 15) is 14.4 Å². The van der Waals surface area contributed by atoms with Gasteiger partial charge < -0.3 is 9.47 Å². The van der Waals surface area contributed by atoms with E-state index >= 15 is 0 Å². The summed E-state index contributed by atoms with van der Waals surface area (Å²) in [5, 5.41) is 0. The van der Waals surface area contributed by atoms with E-state index in [1.807, 2.05) is 12.2 Å². The zero-order valence-corrected chi connectivity index (χ0v) is 11.8. The third-order valence-corrected chi connectivity index (χ3v) is 4.27. The number of ether oxygens (including phenoxy) is 2. The van der Waals surface area contributed by atoms with Crippen LogP contribution in [0.3, 0.4) is 0 Å². The fraction of sp³-hybridized carbons (Fsp3) is 0.312. The Hall–Kier alpha value is -2.47. The van der Waals surface area contributed by atoms with Crippen molar-refractivity contribution in [3.63, 3.8) is 0 Å². The van der Waals surface area contributed by atoms with Gasteiger partial charge in [0.15, 0.2) is 0 Å². The summed E-state index contributed by atoms with van der Waals surface area (Å²) in [6.45, 7) is 1.31. The maximum Gasteiger partial charge on any atom is 0.308 e. The number of imide groups is 1. The van der Waals surface area contributed by atoms with E-state index in [0.717, 1.165) is 0 Å².